The molecular formula is C11H9F3N4O. The SMILES string of the molecule is O=C(Cn1ccnc1)N(c1ccncc1)C(F)(F)F. The van der Waals surface area contributed by atoms with E-state index in [0.717, 1.165) is 12.1 Å². The maximum atomic E-state index is 12.9. The predicted octanol–water partition coefficient (Wildman–Crippen LogP) is 1.83. The molecule has 0 saturated carbocycles. The van der Waals surface area contributed by atoms with Gasteiger partial charge in [-0.3, -0.25) is 9.78 Å². The first-order valence-corrected chi connectivity index (χ1v) is 5.24. The van der Waals surface area contributed by atoms with Crippen LogP contribution < -0.4 is 4.90 Å². The van der Waals surface area contributed by atoms with Crippen molar-refractivity contribution in [2.45, 2.75) is 12.8 Å². The van der Waals surface area contributed by atoms with Crippen LogP contribution >= 0.6 is 0 Å². The summed E-state index contributed by atoms with van der Waals surface area (Å²) in [6.07, 6.45) is 1.67. The molecule has 0 aliphatic rings. The highest BCUT2D eigenvalue weighted by Crippen LogP contribution is 2.28. The van der Waals surface area contributed by atoms with Gasteiger partial charge >= 0.3 is 6.30 Å². The van der Waals surface area contributed by atoms with Crippen molar-refractivity contribution in [3.8, 4) is 0 Å². The van der Waals surface area contributed by atoms with Gasteiger partial charge in [0.1, 0.15) is 6.54 Å². The lowest BCUT2D eigenvalue weighted by molar-refractivity contribution is -0.150. The fraction of sp³-hybridized carbons (Fsp3) is 0.182. The van der Waals surface area contributed by atoms with Crippen molar-refractivity contribution in [1.82, 2.24) is 14.5 Å². The number of pyridine rings is 1. The van der Waals surface area contributed by atoms with Gasteiger partial charge in [0.25, 0.3) is 5.91 Å². The van der Waals surface area contributed by atoms with E-state index in [1.807, 2.05) is 0 Å². The van der Waals surface area contributed by atoms with E-state index in [0.29, 0.717) is 0 Å². The van der Waals surface area contributed by atoms with Crippen molar-refractivity contribution in [3.05, 3.63) is 43.2 Å². The summed E-state index contributed by atoms with van der Waals surface area (Å²) in [7, 11) is 0. The minimum Gasteiger partial charge on any atom is -0.328 e. The van der Waals surface area contributed by atoms with Gasteiger partial charge in [0.15, 0.2) is 0 Å². The third-order valence-electron chi connectivity index (χ3n) is 2.30. The number of aromatic nitrogens is 3. The molecule has 0 aliphatic heterocycles. The maximum absolute atomic E-state index is 12.9. The number of nitrogens with zero attached hydrogens (tertiary/aromatic N) is 4. The van der Waals surface area contributed by atoms with Crippen molar-refractivity contribution >= 4 is 11.6 Å². The number of carbonyl (C=O) groups is 1. The van der Waals surface area contributed by atoms with Crippen molar-refractivity contribution < 1.29 is 18.0 Å². The molecule has 0 atom stereocenters. The number of anilines is 1. The van der Waals surface area contributed by atoms with E-state index in [1.165, 1.54) is 35.7 Å². The van der Waals surface area contributed by atoms with E-state index in [-0.39, 0.29) is 10.6 Å². The quantitative estimate of drug-likeness (QED) is 0.799. The van der Waals surface area contributed by atoms with E-state index in [2.05, 4.69) is 9.97 Å². The Bertz CT molecular complexity index is 539. The lowest BCUT2D eigenvalue weighted by Crippen LogP contribution is -2.44. The molecule has 0 saturated heterocycles. The molecule has 100 valence electrons. The van der Waals surface area contributed by atoms with Crippen molar-refractivity contribution in [1.29, 1.82) is 0 Å². The van der Waals surface area contributed by atoms with Crippen LogP contribution in [0.25, 0.3) is 0 Å². The fourth-order valence-corrected chi connectivity index (χ4v) is 1.53. The summed E-state index contributed by atoms with van der Waals surface area (Å²) in [6.45, 7) is -0.443. The molecule has 8 heteroatoms. The molecule has 0 bridgehead atoms. The third kappa shape index (κ3) is 3.09. The topological polar surface area (TPSA) is 51.0 Å². The second-order valence-corrected chi connectivity index (χ2v) is 3.64. The Hall–Kier alpha value is -2.38. The summed E-state index contributed by atoms with van der Waals surface area (Å²) >= 11 is 0. The summed E-state index contributed by atoms with van der Waals surface area (Å²) in [5, 5.41) is 0. The molecule has 0 N–H and O–H groups in total. The van der Waals surface area contributed by atoms with Crippen LogP contribution in [0, 0.1) is 0 Å². The molecule has 0 radical (unpaired) electrons. The number of carbonyl (C=O) groups excluding carboxylic acids is 1. The van der Waals surface area contributed by atoms with Crippen LogP contribution in [0.3, 0.4) is 0 Å². The van der Waals surface area contributed by atoms with E-state index in [4.69, 9.17) is 0 Å². The molecule has 2 rings (SSSR count). The standard InChI is InChI=1S/C11H9F3N4O/c12-11(13,14)18(9-1-3-15-4-2-9)10(19)7-17-6-5-16-8-17/h1-6,8H,7H2. The van der Waals surface area contributed by atoms with Gasteiger partial charge in [-0.1, -0.05) is 0 Å². The molecular weight excluding hydrogens is 261 g/mol. The van der Waals surface area contributed by atoms with Crippen LogP contribution in [0.4, 0.5) is 18.9 Å². The first-order valence-electron chi connectivity index (χ1n) is 5.24. The Morgan fingerprint density at radius 2 is 1.89 bits per heavy atom. The fourth-order valence-electron chi connectivity index (χ4n) is 1.53. The Morgan fingerprint density at radius 3 is 2.42 bits per heavy atom. The van der Waals surface area contributed by atoms with Crippen molar-refractivity contribution in [2.75, 3.05) is 4.90 Å². The zero-order valence-corrected chi connectivity index (χ0v) is 9.58. The Labute approximate surface area is 106 Å². The lowest BCUT2D eigenvalue weighted by Gasteiger charge is -2.24. The number of alkyl halides is 3. The van der Waals surface area contributed by atoms with Crippen LogP contribution in [0.1, 0.15) is 0 Å². The second kappa shape index (κ2) is 5.09. The van der Waals surface area contributed by atoms with Crippen LogP contribution in [0.15, 0.2) is 43.2 Å². The zero-order chi connectivity index (χ0) is 13.9. The molecule has 5 nitrogen and oxygen atoms in total. The third-order valence-corrected chi connectivity index (χ3v) is 2.30. The number of imidazole rings is 1. The highest BCUT2D eigenvalue weighted by atomic mass is 19.4. The van der Waals surface area contributed by atoms with Gasteiger partial charge in [0.2, 0.25) is 0 Å². The average molecular weight is 270 g/mol. The van der Waals surface area contributed by atoms with Crippen LogP contribution in [0.5, 0.6) is 0 Å². The van der Waals surface area contributed by atoms with Crippen LogP contribution in [0.2, 0.25) is 0 Å². The van der Waals surface area contributed by atoms with Gasteiger partial charge < -0.3 is 4.57 Å². The molecule has 0 spiro atoms. The van der Waals surface area contributed by atoms with Crippen LogP contribution in [-0.2, 0) is 11.3 Å². The van der Waals surface area contributed by atoms with Gasteiger partial charge in [-0.2, -0.15) is 0 Å². The van der Waals surface area contributed by atoms with E-state index >= 15 is 0 Å². The normalized spacial score (nSPS) is 11.3. The van der Waals surface area contributed by atoms with Crippen molar-refractivity contribution in [3.63, 3.8) is 0 Å². The first kappa shape index (κ1) is 13.1. The van der Waals surface area contributed by atoms with E-state index < -0.39 is 18.8 Å². The average Bonchev–Trinajstić information content (AvgIpc) is 2.81. The molecule has 2 heterocycles. The summed E-state index contributed by atoms with van der Waals surface area (Å²) in [6, 6.07) is 2.25. The zero-order valence-electron chi connectivity index (χ0n) is 9.58. The molecule has 19 heavy (non-hydrogen) atoms. The summed E-state index contributed by atoms with van der Waals surface area (Å²) < 4.78 is 40.1. The minimum absolute atomic E-state index is 0.214. The number of hydrogen-bond acceptors (Lipinski definition) is 3. The minimum atomic E-state index is -4.79. The highest BCUT2D eigenvalue weighted by Gasteiger charge is 2.42. The van der Waals surface area contributed by atoms with Gasteiger partial charge in [0, 0.05) is 24.8 Å². The summed E-state index contributed by atoms with van der Waals surface area (Å²) in [5.74, 6) is -1.10. The van der Waals surface area contributed by atoms with Crippen molar-refractivity contribution in [2.24, 2.45) is 0 Å². The molecule has 0 aliphatic carbocycles. The molecule has 0 fully saturated rings. The molecule has 0 aromatic carbocycles. The largest absolute Gasteiger partial charge is 0.491 e. The maximum Gasteiger partial charge on any atom is 0.491 e. The molecule has 1 amide bonds. The van der Waals surface area contributed by atoms with Gasteiger partial charge in [-0.15, -0.1) is 13.2 Å². The van der Waals surface area contributed by atoms with Gasteiger partial charge in [-0.25, -0.2) is 9.88 Å². The van der Waals surface area contributed by atoms with E-state index in [9.17, 15) is 18.0 Å². The monoisotopic (exact) mass is 270 g/mol. The highest BCUT2D eigenvalue weighted by molar-refractivity contribution is 5.93. The Balaban J connectivity index is 2.26. The van der Waals surface area contributed by atoms with Crippen LogP contribution in [-0.4, -0.2) is 26.7 Å². The summed E-state index contributed by atoms with van der Waals surface area (Å²) in [5.41, 5.74) is -0.271. The number of amides is 1. The first-order chi connectivity index (χ1) is 8.98. The number of hydrogen-bond donors (Lipinski definition) is 0. The molecule has 0 unspecified atom stereocenters. The Kier molecular flexibility index (Phi) is 3.50. The smallest absolute Gasteiger partial charge is 0.328 e. The van der Waals surface area contributed by atoms with Gasteiger partial charge in [0.05, 0.1) is 12.0 Å². The molecule has 2 aromatic heterocycles. The lowest BCUT2D eigenvalue weighted by atomic mass is 10.3. The molecule has 2 aromatic rings. The second-order valence-electron chi connectivity index (χ2n) is 3.64. The van der Waals surface area contributed by atoms with Gasteiger partial charge in [-0.05, 0) is 12.1 Å². The number of halogens is 3. The van der Waals surface area contributed by atoms with E-state index in [1.54, 1.807) is 0 Å². The summed E-state index contributed by atoms with van der Waals surface area (Å²) in [4.78, 5) is 18.9. The predicted molar refractivity (Wildman–Crippen MR) is 60.0 cm³/mol. The number of rotatable bonds is 3. The Morgan fingerprint density at radius 1 is 1.21 bits per heavy atom.